The van der Waals surface area contributed by atoms with Crippen LogP contribution in [0.5, 0.6) is 5.88 Å². The summed E-state index contributed by atoms with van der Waals surface area (Å²) < 4.78 is 5.68. The third-order valence-electron chi connectivity index (χ3n) is 3.07. The van der Waals surface area contributed by atoms with Crippen molar-refractivity contribution >= 4 is 0 Å². The predicted octanol–water partition coefficient (Wildman–Crippen LogP) is 3.56. The lowest BCUT2D eigenvalue weighted by Gasteiger charge is -2.19. The first-order valence-corrected chi connectivity index (χ1v) is 6.15. The smallest absolute Gasteiger partial charge is 0.213 e. The van der Waals surface area contributed by atoms with Gasteiger partial charge in [0.15, 0.2) is 0 Å². The van der Waals surface area contributed by atoms with Gasteiger partial charge in [-0.05, 0) is 29.4 Å². The van der Waals surface area contributed by atoms with Gasteiger partial charge in [-0.25, -0.2) is 4.98 Å². The zero-order valence-electron chi connectivity index (χ0n) is 10.5. The van der Waals surface area contributed by atoms with E-state index < -0.39 is 0 Å². The Hall–Kier alpha value is -1.05. The van der Waals surface area contributed by atoms with Crippen molar-refractivity contribution in [2.45, 2.75) is 45.4 Å². The summed E-state index contributed by atoms with van der Waals surface area (Å²) >= 11 is 0. The number of ether oxygens (including phenoxy) is 1. The maximum absolute atomic E-state index is 5.68. The van der Waals surface area contributed by atoms with Crippen molar-refractivity contribution in [2.24, 2.45) is 5.92 Å². The molecule has 1 fully saturated rings. The van der Waals surface area contributed by atoms with Gasteiger partial charge in [0.2, 0.25) is 5.88 Å². The van der Waals surface area contributed by atoms with Crippen LogP contribution in [0.2, 0.25) is 0 Å². The molecule has 1 aromatic heterocycles. The summed E-state index contributed by atoms with van der Waals surface area (Å²) in [6.07, 6.45) is 5.80. The van der Waals surface area contributed by atoms with Crippen molar-refractivity contribution < 1.29 is 4.74 Å². The lowest BCUT2D eigenvalue weighted by Crippen LogP contribution is -2.11. The molecule has 1 saturated carbocycles. The van der Waals surface area contributed by atoms with E-state index in [4.69, 9.17) is 4.74 Å². The fraction of sp³-hybridized carbons (Fsp3) is 0.643. The Labute approximate surface area is 98.0 Å². The summed E-state index contributed by atoms with van der Waals surface area (Å²) in [5.41, 5.74) is 1.45. The molecule has 2 nitrogen and oxygen atoms in total. The molecule has 0 radical (unpaired) electrons. The fourth-order valence-electron chi connectivity index (χ4n) is 1.69. The Morgan fingerprint density at radius 3 is 2.75 bits per heavy atom. The second kappa shape index (κ2) is 4.44. The minimum atomic E-state index is 0.164. The van der Waals surface area contributed by atoms with Crippen LogP contribution < -0.4 is 4.74 Å². The second-order valence-corrected chi connectivity index (χ2v) is 5.71. The topological polar surface area (TPSA) is 22.1 Å². The van der Waals surface area contributed by atoms with E-state index in [-0.39, 0.29) is 5.41 Å². The monoisotopic (exact) mass is 219 g/mol. The Morgan fingerprint density at radius 2 is 2.12 bits per heavy atom. The molecule has 0 aromatic carbocycles. The summed E-state index contributed by atoms with van der Waals surface area (Å²) in [5, 5.41) is 0. The molecule has 16 heavy (non-hydrogen) atoms. The Balaban J connectivity index is 1.92. The van der Waals surface area contributed by atoms with Crippen LogP contribution in [0.4, 0.5) is 0 Å². The molecule has 1 heterocycles. The van der Waals surface area contributed by atoms with Crippen LogP contribution in [0.15, 0.2) is 18.3 Å². The highest BCUT2D eigenvalue weighted by Crippen LogP contribution is 2.32. The van der Waals surface area contributed by atoms with E-state index >= 15 is 0 Å². The van der Waals surface area contributed by atoms with Crippen molar-refractivity contribution in [2.75, 3.05) is 6.61 Å². The van der Waals surface area contributed by atoms with E-state index in [1.54, 1.807) is 0 Å². The van der Waals surface area contributed by atoms with Crippen molar-refractivity contribution in [3.8, 4) is 5.88 Å². The van der Waals surface area contributed by atoms with Gasteiger partial charge in [-0.1, -0.05) is 33.6 Å². The lowest BCUT2D eigenvalue weighted by atomic mass is 9.88. The van der Waals surface area contributed by atoms with Gasteiger partial charge in [-0.3, -0.25) is 0 Å². The Morgan fingerprint density at radius 1 is 1.38 bits per heavy atom. The first kappa shape index (κ1) is 11.4. The van der Waals surface area contributed by atoms with Gasteiger partial charge in [-0.15, -0.1) is 0 Å². The highest BCUT2D eigenvalue weighted by atomic mass is 16.5. The van der Waals surface area contributed by atoms with Crippen molar-refractivity contribution in [3.63, 3.8) is 0 Å². The van der Waals surface area contributed by atoms with Crippen LogP contribution in [-0.4, -0.2) is 11.6 Å². The van der Waals surface area contributed by atoms with Gasteiger partial charge in [0, 0.05) is 12.3 Å². The molecule has 0 bridgehead atoms. The van der Waals surface area contributed by atoms with Gasteiger partial charge >= 0.3 is 0 Å². The number of rotatable bonds is 4. The van der Waals surface area contributed by atoms with E-state index in [1.807, 2.05) is 6.20 Å². The number of hydrogen-bond donors (Lipinski definition) is 0. The van der Waals surface area contributed by atoms with Crippen LogP contribution in [0, 0.1) is 5.92 Å². The molecule has 0 N–H and O–H groups in total. The largest absolute Gasteiger partial charge is 0.478 e. The van der Waals surface area contributed by atoms with E-state index in [0.717, 1.165) is 18.4 Å². The van der Waals surface area contributed by atoms with Gasteiger partial charge in [0.25, 0.3) is 0 Å². The van der Waals surface area contributed by atoms with Crippen LogP contribution in [0.1, 0.15) is 45.6 Å². The van der Waals surface area contributed by atoms with Crippen molar-refractivity contribution in [1.82, 2.24) is 4.98 Å². The minimum absolute atomic E-state index is 0.164. The Kier molecular flexibility index (Phi) is 3.17. The number of hydrogen-bond acceptors (Lipinski definition) is 2. The Bertz CT molecular complexity index is 350. The molecular weight excluding hydrogens is 198 g/mol. The molecular formula is C14H21NO. The summed E-state index contributed by atoms with van der Waals surface area (Å²) in [4.78, 5) is 4.25. The maximum atomic E-state index is 5.68. The molecule has 1 aliphatic rings. The molecule has 0 atom stereocenters. The van der Waals surface area contributed by atoms with Crippen molar-refractivity contribution in [1.29, 1.82) is 0 Å². The van der Waals surface area contributed by atoms with Crippen LogP contribution in [0.3, 0.4) is 0 Å². The fourth-order valence-corrected chi connectivity index (χ4v) is 1.69. The molecule has 2 heteroatoms. The van der Waals surface area contributed by atoms with Gasteiger partial charge in [-0.2, -0.15) is 0 Å². The zero-order valence-corrected chi connectivity index (χ0v) is 10.5. The molecule has 0 unspecified atom stereocenters. The predicted molar refractivity (Wildman–Crippen MR) is 65.8 cm³/mol. The molecule has 0 saturated heterocycles. The highest BCUT2D eigenvalue weighted by molar-refractivity contribution is 5.26. The van der Waals surface area contributed by atoms with Gasteiger partial charge in [0.1, 0.15) is 0 Å². The summed E-state index contributed by atoms with van der Waals surface area (Å²) in [6, 6.07) is 4.13. The number of pyridine rings is 1. The lowest BCUT2D eigenvalue weighted by molar-refractivity contribution is 0.290. The maximum Gasteiger partial charge on any atom is 0.213 e. The van der Waals surface area contributed by atoms with E-state index in [9.17, 15) is 0 Å². The first-order valence-electron chi connectivity index (χ1n) is 6.15. The first-order chi connectivity index (χ1) is 7.55. The van der Waals surface area contributed by atoms with Gasteiger partial charge in [0.05, 0.1) is 6.61 Å². The molecule has 1 aliphatic carbocycles. The second-order valence-electron chi connectivity index (χ2n) is 5.71. The SMILES string of the molecule is CC(C)(C)c1ccnc(OCCC2CC2)c1. The molecule has 0 amide bonds. The molecule has 2 rings (SSSR count). The zero-order chi connectivity index (χ0) is 11.6. The summed E-state index contributed by atoms with van der Waals surface area (Å²) in [7, 11) is 0. The van der Waals surface area contributed by atoms with Crippen molar-refractivity contribution in [3.05, 3.63) is 23.9 Å². The van der Waals surface area contributed by atoms with E-state index in [0.29, 0.717) is 0 Å². The van der Waals surface area contributed by atoms with Crippen LogP contribution >= 0.6 is 0 Å². The molecule has 88 valence electrons. The normalized spacial score (nSPS) is 16.2. The standard InChI is InChI=1S/C14H21NO/c1-14(2,3)12-6-8-15-13(10-12)16-9-7-11-4-5-11/h6,8,10-11H,4-5,7,9H2,1-3H3. The summed E-state index contributed by atoms with van der Waals surface area (Å²) in [5.74, 6) is 1.69. The third kappa shape index (κ3) is 3.22. The molecule has 0 spiro atoms. The third-order valence-corrected chi connectivity index (χ3v) is 3.07. The minimum Gasteiger partial charge on any atom is -0.478 e. The average molecular weight is 219 g/mol. The van der Waals surface area contributed by atoms with Crippen LogP contribution in [0.25, 0.3) is 0 Å². The quantitative estimate of drug-likeness (QED) is 0.772. The summed E-state index contributed by atoms with van der Waals surface area (Å²) in [6.45, 7) is 7.42. The van der Waals surface area contributed by atoms with E-state index in [2.05, 4.69) is 37.9 Å². The van der Waals surface area contributed by atoms with Gasteiger partial charge < -0.3 is 4.74 Å². The highest BCUT2D eigenvalue weighted by Gasteiger charge is 2.21. The van der Waals surface area contributed by atoms with Crippen LogP contribution in [-0.2, 0) is 5.41 Å². The molecule has 0 aliphatic heterocycles. The number of aromatic nitrogens is 1. The average Bonchev–Trinajstić information content (AvgIpc) is 3.01. The number of nitrogens with zero attached hydrogens (tertiary/aromatic N) is 1. The molecule has 1 aromatic rings. The van der Waals surface area contributed by atoms with E-state index in [1.165, 1.54) is 24.8 Å².